The lowest BCUT2D eigenvalue weighted by atomic mass is 10.5. The molecule has 0 aliphatic carbocycles. The summed E-state index contributed by atoms with van der Waals surface area (Å²) in [5.41, 5.74) is 5.34. The highest BCUT2D eigenvalue weighted by molar-refractivity contribution is 7.80. The predicted molar refractivity (Wildman–Crippen MR) is 39.1 cm³/mol. The van der Waals surface area contributed by atoms with Crippen LogP contribution in [0.3, 0.4) is 0 Å². The van der Waals surface area contributed by atoms with Crippen molar-refractivity contribution in [2.75, 3.05) is 12.8 Å². The fourth-order valence-electron chi connectivity index (χ4n) is 0.667. The number of nitrogen functional groups attached to an aromatic ring is 1. The van der Waals surface area contributed by atoms with Gasteiger partial charge in [-0.05, 0) is 6.92 Å². The fourth-order valence-corrected chi connectivity index (χ4v) is 1.31. The van der Waals surface area contributed by atoms with Gasteiger partial charge < -0.3 is 10.3 Å². The van der Waals surface area contributed by atoms with Crippen LogP contribution in [0.1, 0.15) is 5.76 Å². The summed E-state index contributed by atoms with van der Waals surface area (Å²) in [5, 5.41) is 3.41. The van der Waals surface area contributed by atoms with Gasteiger partial charge in [-0.2, -0.15) is 0 Å². The van der Waals surface area contributed by atoms with Gasteiger partial charge in [0.15, 0.2) is 27.6 Å². The van der Waals surface area contributed by atoms with Gasteiger partial charge in [-0.3, -0.25) is 4.18 Å². The highest BCUT2D eigenvalue weighted by Gasteiger charge is 2.16. The van der Waals surface area contributed by atoms with Crippen LogP contribution in [-0.4, -0.2) is 16.5 Å². The highest BCUT2D eigenvalue weighted by atomic mass is 32.2. The Morgan fingerprint density at radius 2 is 2.36 bits per heavy atom. The van der Waals surface area contributed by atoms with Crippen molar-refractivity contribution < 1.29 is 12.9 Å². The third kappa shape index (κ3) is 1.41. The van der Waals surface area contributed by atoms with Crippen molar-refractivity contribution in [1.29, 1.82) is 0 Å². The third-order valence-corrected chi connectivity index (χ3v) is 2.28. The zero-order chi connectivity index (χ0) is 8.43. The molecule has 0 fully saturated rings. The smallest absolute Gasteiger partial charge is 0.196 e. The molecule has 0 saturated heterocycles. The molecular formula is C5H8N2O3S. The molecule has 2 N–H and O–H groups in total. The van der Waals surface area contributed by atoms with E-state index in [2.05, 4.69) is 13.9 Å². The van der Waals surface area contributed by atoms with Gasteiger partial charge in [-0.15, -0.1) is 0 Å². The van der Waals surface area contributed by atoms with Crippen molar-refractivity contribution in [2.24, 2.45) is 0 Å². The molecule has 1 unspecified atom stereocenters. The number of aromatic nitrogens is 1. The summed E-state index contributed by atoms with van der Waals surface area (Å²) < 4.78 is 20.2. The SMILES string of the molecule is COS(=O)c1c(N)noc1C. The zero-order valence-electron chi connectivity index (χ0n) is 6.16. The second-order valence-electron chi connectivity index (χ2n) is 1.85. The van der Waals surface area contributed by atoms with Gasteiger partial charge in [0.2, 0.25) is 0 Å². The average Bonchev–Trinajstić information content (AvgIpc) is 2.30. The van der Waals surface area contributed by atoms with Gasteiger partial charge in [0.25, 0.3) is 0 Å². The molecule has 0 amide bonds. The monoisotopic (exact) mass is 176 g/mol. The highest BCUT2D eigenvalue weighted by Crippen LogP contribution is 2.19. The zero-order valence-corrected chi connectivity index (χ0v) is 6.97. The molecular weight excluding hydrogens is 168 g/mol. The Morgan fingerprint density at radius 3 is 2.73 bits per heavy atom. The van der Waals surface area contributed by atoms with E-state index in [1.54, 1.807) is 6.92 Å². The minimum absolute atomic E-state index is 0.114. The lowest BCUT2D eigenvalue weighted by Crippen LogP contribution is -1.98. The summed E-state index contributed by atoms with van der Waals surface area (Å²) in [6, 6.07) is 0. The Balaban J connectivity index is 3.10. The van der Waals surface area contributed by atoms with Crippen LogP contribution in [0.2, 0.25) is 0 Å². The normalized spacial score (nSPS) is 13.3. The Kier molecular flexibility index (Phi) is 2.25. The molecule has 0 aliphatic rings. The number of rotatable bonds is 2. The molecule has 1 aromatic heterocycles. The van der Waals surface area contributed by atoms with E-state index in [0.29, 0.717) is 10.7 Å². The summed E-state index contributed by atoms with van der Waals surface area (Å²) in [6.45, 7) is 1.62. The number of hydrogen-bond donors (Lipinski definition) is 1. The summed E-state index contributed by atoms with van der Waals surface area (Å²) >= 11 is -1.56. The van der Waals surface area contributed by atoms with E-state index >= 15 is 0 Å². The number of nitrogens with two attached hydrogens (primary N) is 1. The van der Waals surface area contributed by atoms with Crippen LogP contribution in [0.25, 0.3) is 0 Å². The number of aryl methyl sites for hydroxylation is 1. The van der Waals surface area contributed by atoms with Crippen LogP contribution in [0.15, 0.2) is 9.42 Å². The minimum Gasteiger partial charge on any atom is -0.380 e. The standard InChI is InChI=1S/C5H8N2O3S/c1-3-4(11(8)9-2)5(6)7-10-3/h1-2H3,(H2,6,7). The van der Waals surface area contributed by atoms with Crippen molar-refractivity contribution in [3.63, 3.8) is 0 Å². The predicted octanol–water partition coefficient (Wildman–Crippen LogP) is 0.234. The molecule has 0 spiro atoms. The van der Waals surface area contributed by atoms with Gasteiger partial charge in [-0.1, -0.05) is 5.16 Å². The first-order valence-electron chi connectivity index (χ1n) is 2.84. The molecule has 11 heavy (non-hydrogen) atoms. The number of anilines is 1. The maximum atomic E-state index is 11.0. The van der Waals surface area contributed by atoms with E-state index in [4.69, 9.17) is 5.73 Å². The van der Waals surface area contributed by atoms with Crippen molar-refractivity contribution in [3.8, 4) is 0 Å². The van der Waals surface area contributed by atoms with Gasteiger partial charge >= 0.3 is 0 Å². The average molecular weight is 176 g/mol. The first-order valence-corrected chi connectivity index (χ1v) is 3.92. The topological polar surface area (TPSA) is 78.4 Å². The van der Waals surface area contributed by atoms with Crippen molar-refractivity contribution in [2.45, 2.75) is 11.8 Å². The van der Waals surface area contributed by atoms with Gasteiger partial charge in [0.05, 0.1) is 7.11 Å². The molecule has 0 saturated carbocycles. The van der Waals surface area contributed by atoms with E-state index < -0.39 is 11.1 Å². The van der Waals surface area contributed by atoms with E-state index in [1.165, 1.54) is 7.11 Å². The second kappa shape index (κ2) is 3.02. The van der Waals surface area contributed by atoms with Crippen LogP contribution in [0.5, 0.6) is 0 Å². The third-order valence-electron chi connectivity index (χ3n) is 1.15. The van der Waals surface area contributed by atoms with Crippen LogP contribution in [0, 0.1) is 6.92 Å². The Bertz CT molecular complexity index is 264. The van der Waals surface area contributed by atoms with Crippen LogP contribution in [-0.2, 0) is 15.3 Å². The maximum absolute atomic E-state index is 11.0. The van der Waals surface area contributed by atoms with Gasteiger partial charge in [0.1, 0.15) is 0 Å². The summed E-state index contributed by atoms with van der Waals surface area (Å²) in [5.74, 6) is 0.533. The molecule has 5 nitrogen and oxygen atoms in total. The van der Waals surface area contributed by atoms with E-state index in [-0.39, 0.29) is 5.82 Å². The van der Waals surface area contributed by atoms with Crippen molar-refractivity contribution in [3.05, 3.63) is 5.76 Å². The molecule has 1 aromatic rings. The van der Waals surface area contributed by atoms with Crippen LogP contribution < -0.4 is 5.73 Å². The Labute approximate surface area is 66.2 Å². The van der Waals surface area contributed by atoms with Crippen molar-refractivity contribution in [1.82, 2.24) is 5.16 Å². The van der Waals surface area contributed by atoms with E-state index in [1.807, 2.05) is 0 Å². The molecule has 1 rings (SSSR count). The van der Waals surface area contributed by atoms with E-state index in [0.717, 1.165) is 0 Å². The minimum atomic E-state index is -1.56. The lowest BCUT2D eigenvalue weighted by Gasteiger charge is -1.94. The summed E-state index contributed by atoms with van der Waals surface area (Å²) in [6.07, 6.45) is 0. The van der Waals surface area contributed by atoms with Crippen LogP contribution >= 0.6 is 0 Å². The summed E-state index contributed by atoms with van der Waals surface area (Å²) in [4.78, 5) is 0.313. The summed E-state index contributed by atoms with van der Waals surface area (Å²) in [7, 11) is 1.32. The maximum Gasteiger partial charge on any atom is 0.196 e. The molecule has 62 valence electrons. The van der Waals surface area contributed by atoms with E-state index in [9.17, 15) is 4.21 Å². The van der Waals surface area contributed by atoms with Gasteiger partial charge in [0, 0.05) is 0 Å². The molecule has 0 radical (unpaired) electrons. The molecule has 0 aliphatic heterocycles. The molecule has 1 atom stereocenters. The Morgan fingerprint density at radius 1 is 1.73 bits per heavy atom. The Hall–Kier alpha value is -0.880. The van der Waals surface area contributed by atoms with Gasteiger partial charge in [-0.25, -0.2) is 4.21 Å². The number of nitrogens with zero attached hydrogens (tertiary/aromatic N) is 1. The largest absolute Gasteiger partial charge is 0.380 e. The first kappa shape index (κ1) is 8.22. The number of hydrogen-bond acceptors (Lipinski definition) is 5. The van der Waals surface area contributed by atoms with Crippen molar-refractivity contribution >= 4 is 16.9 Å². The molecule has 1 heterocycles. The first-order chi connectivity index (χ1) is 5.16. The molecule has 0 aromatic carbocycles. The molecule has 0 bridgehead atoms. The second-order valence-corrected chi connectivity index (χ2v) is 3.07. The quantitative estimate of drug-likeness (QED) is 0.698. The molecule has 6 heteroatoms. The fraction of sp³-hybridized carbons (Fsp3) is 0.400. The van der Waals surface area contributed by atoms with Crippen LogP contribution in [0.4, 0.5) is 5.82 Å². The lowest BCUT2D eigenvalue weighted by molar-refractivity contribution is 0.394.